The van der Waals surface area contributed by atoms with Gasteiger partial charge in [-0.3, -0.25) is 9.59 Å². The Labute approximate surface area is 106 Å². The molecule has 3 rings (SSSR count). The molecule has 0 bridgehead atoms. The Kier molecular flexibility index (Phi) is 2.48. The molecule has 2 N–H and O–H groups in total. The Morgan fingerprint density at radius 1 is 1.39 bits per heavy atom. The second-order valence-corrected chi connectivity index (χ2v) is 5.02. The van der Waals surface area contributed by atoms with E-state index < -0.39 is 17.8 Å². The van der Waals surface area contributed by atoms with Gasteiger partial charge in [0.1, 0.15) is 5.52 Å². The standard InChI is InChI=1S/C11H9N3O3S/c15-10(6-4-7(6)11(16)17)12-5-1-2-9-8(3-5)13-14-18-9/h1-3,6-7H,4H2,(H,12,15)(H,16,17). The van der Waals surface area contributed by atoms with Crippen molar-refractivity contribution < 1.29 is 14.7 Å². The lowest BCUT2D eigenvalue weighted by molar-refractivity contribution is -0.139. The van der Waals surface area contributed by atoms with Gasteiger partial charge in [0, 0.05) is 5.69 Å². The molecule has 0 radical (unpaired) electrons. The van der Waals surface area contributed by atoms with Gasteiger partial charge in [0.2, 0.25) is 5.91 Å². The predicted molar refractivity (Wildman–Crippen MR) is 65.3 cm³/mol. The van der Waals surface area contributed by atoms with E-state index in [9.17, 15) is 9.59 Å². The molecule has 2 aromatic rings. The van der Waals surface area contributed by atoms with Crippen LogP contribution in [-0.2, 0) is 9.59 Å². The van der Waals surface area contributed by atoms with Gasteiger partial charge in [-0.25, -0.2) is 0 Å². The quantitative estimate of drug-likeness (QED) is 0.872. The number of benzene rings is 1. The van der Waals surface area contributed by atoms with Crippen LogP contribution in [0.15, 0.2) is 18.2 Å². The molecule has 1 saturated carbocycles. The van der Waals surface area contributed by atoms with Gasteiger partial charge in [0.25, 0.3) is 0 Å². The molecule has 92 valence electrons. The fourth-order valence-electron chi connectivity index (χ4n) is 1.85. The number of nitrogens with zero attached hydrogens (tertiary/aromatic N) is 2. The number of carboxylic acids is 1. The summed E-state index contributed by atoms with van der Waals surface area (Å²) in [5, 5.41) is 15.4. The van der Waals surface area contributed by atoms with Crippen LogP contribution >= 0.6 is 11.5 Å². The van der Waals surface area contributed by atoms with Crippen molar-refractivity contribution in [1.82, 2.24) is 9.59 Å². The summed E-state index contributed by atoms with van der Waals surface area (Å²) in [6.45, 7) is 0. The van der Waals surface area contributed by atoms with Gasteiger partial charge in [-0.2, -0.15) is 0 Å². The lowest BCUT2D eigenvalue weighted by Crippen LogP contribution is -2.16. The van der Waals surface area contributed by atoms with Crippen molar-refractivity contribution in [2.75, 3.05) is 5.32 Å². The second-order valence-electron chi connectivity index (χ2n) is 4.23. The molecule has 0 aliphatic heterocycles. The number of fused-ring (bicyclic) bond motifs is 1. The Balaban J connectivity index is 1.72. The average molecular weight is 263 g/mol. The van der Waals surface area contributed by atoms with Gasteiger partial charge in [0.15, 0.2) is 0 Å². The summed E-state index contributed by atoms with van der Waals surface area (Å²) in [7, 11) is 0. The van der Waals surface area contributed by atoms with E-state index in [1.807, 2.05) is 6.07 Å². The van der Waals surface area contributed by atoms with Crippen molar-refractivity contribution in [2.24, 2.45) is 11.8 Å². The molecule has 1 aromatic heterocycles. The van der Waals surface area contributed by atoms with Crippen LogP contribution in [0.4, 0.5) is 5.69 Å². The Morgan fingerprint density at radius 2 is 2.22 bits per heavy atom. The summed E-state index contributed by atoms with van der Waals surface area (Å²) in [6.07, 6.45) is 0.418. The normalized spacial score (nSPS) is 21.8. The molecule has 18 heavy (non-hydrogen) atoms. The third-order valence-electron chi connectivity index (χ3n) is 2.96. The van der Waals surface area contributed by atoms with Crippen LogP contribution in [0.3, 0.4) is 0 Å². The zero-order valence-electron chi connectivity index (χ0n) is 9.16. The predicted octanol–water partition coefficient (Wildman–Crippen LogP) is 1.35. The fourth-order valence-corrected chi connectivity index (χ4v) is 2.39. The molecule has 0 saturated heterocycles. The first-order valence-electron chi connectivity index (χ1n) is 5.41. The number of rotatable bonds is 3. The summed E-state index contributed by atoms with van der Waals surface area (Å²) < 4.78 is 4.75. The van der Waals surface area contributed by atoms with Gasteiger partial charge in [-0.1, -0.05) is 4.49 Å². The first kappa shape index (κ1) is 11.1. The number of hydrogen-bond acceptors (Lipinski definition) is 5. The van der Waals surface area contributed by atoms with Crippen molar-refractivity contribution in [1.29, 1.82) is 0 Å². The zero-order chi connectivity index (χ0) is 12.7. The summed E-state index contributed by atoms with van der Waals surface area (Å²) in [5.41, 5.74) is 1.35. The van der Waals surface area contributed by atoms with E-state index in [1.165, 1.54) is 11.5 Å². The highest BCUT2D eigenvalue weighted by Gasteiger charge is 2.48. The van der Waals surface area contributed by atoms with Crippen molar-refractivity contribution in [3.05, 3.63) is 18.2 Å². The molecule has 6 nitrogen and oxygen atoms in total. The monoisotopic (exact) mass is 263 g/mol. The smallest absolute Gasteiger partial charge is 0.307 e. The van der Waals surface area contributed by atoms with Gasteiger partial charge < -0.3 is 10.4 Å². The summed E-state index contributed by atoms with van der Waals surface area (Å²) in [6, 6.07) is 5.32. The van der Waals surface area contributed by atoms with E-state index in [0.29, 0.717) is 12.1 Å². The van der Waals surface area contributed by atoms with E-state index in [2.05, 4.69) is 14.9 Å². The molecule has 1 aliphatic rings. The lowest BCUT2D eigenvalue weighted by atomic mass is 10.2. The van der Waals surface area contributed by atoms with Crippen LogP contribution in [-0.4, -0.2) is 26.6 Å². The van der Waals surface area contributed by atoms with E-state index >= 15 is 0 Å². The minimum Gasteiger partial charge on any atom is -0.481 e. The SMILES string of the molecule is O=C(O)C1CC1C(=O)Nc1ccc2snnc2c1. The number of amides is 1. The number of hydrogen-bond donors (Lipinski definition) is 2. The maximum atomic E-state index is 11.8. The minimum atomic E-state index is -0.908. The molecule has 1 amide bonds. The molecule has 1 aliphatic carbocycles. The van der Waals surface area contributed by atoms with Crippen LogP contribution in [0.5, 0.6) is 0 Å². The highest BCUT2D eigenvalue weighted by molar-refractivity contribution is 7.12. The minimum absolute atomic E-state index is 0.245. The summed E-state index contributed by atoms with van der Waals surface area (Å²) in [4.78, 5) is 22.4. The fraction of sp³-hybridized carbons (Fsp3) is 0.273. The first-order valence-corrected chi connectivity index (χ1v) is 6.18. The molecular weight excluding hydrogens is 254 g/mol. The third-order valence-corrected chi connectivity index (χ3v) is 3.66. The highest BCUT2D eigenvalue weighted by atomic mass is 32.1. The van der Waals surface area contributed by atoms with Crippen LogP contribution in [0.25, 0.3) is 10.2 Å². The molecule has 1 heterocycles. The van der Waals surface area contributed by atoms with E-state index in [-0.39, 0.29) is 5.91 Å². The van der Waals surface area contributed by atoms with Crippen molar-refractivity contribution in [3.8, 4) is 0 Å². The molecule has 1 aromatic carbocycles. The average Bonchev–Trinajstić information content (AvgIpc) is 3.02. The number of anilines is 1. The van der Waals surface area contributed by atoms with Crippen molar-refractivity contribution in [2.45, 2.75) is 6.42 Å². The Hall–Kier alpha value is -2.02. The number of carbonyl (C=O) groups excluding carboxylic acids is 1. The molecule has 0 spiro atoms. The van der Waals surface area contributed by atoms with Crippen LogP contribution in [0.2, 0.25) is 0 Å². The van der Waals surface area contributed by atoms with Crippen LogP contribution < -0.4 is 5.32 Å². The lowest BCUT2D eigenvalue weighted by Gasteiger charge is -2.03. The largest absolute Gasteiger partial charge is 0.481 e. The van der Waals surface area contributed by atoms with Crippen molar-refractivity contribution >= 4 is 39.3 Å². The van der Waals surface area contributed by atoms with Gasteiger partial charge in [0.05, 0.1) is 16.5 Å². The Bertz CT molecular complexity index is 639. The summed E-state index contributed by atoms with van der Waals surface area (Å²) in [5.74, 6) is -2.10. The van der Waals surface area contributed by atoms with E-state index in [1.54, 1.807) is 12.1 Å². The third kappa shape index (κ3) is 1.92. The van der Waals surface area contributed by atoms with E-state index in [4.69, 9.17) is 5.11 Å². The van der Waals surface area contributed by atoms with Crippen LogP contribution in [0, 0.1) is 11.8 Å². The molecular formula is C11H9N3O3S. The summed E-state index contributed by atoms with van der Waals surface area (Å²) >= 11 is 1.29. The molecule has 2 atom stereocenters. The van der Waals surface area contributed by atoms with Crippen molar-refractivity contribution in [3.63, 3.8) is 0 Å². The molecule has 7 heteroatoms. The highest BCUT2D eigenvalue weighted by Crippen LogP contribution is 2.39. The maximum Gasteiger partial charge on any atom is 0.307 e. The van der Waals surface area contributed by atoms with Gasteiger partial charge in [-0.15, -0.1) is 5.10 Å². The zero-order valence-corrected chi connectivity index (χ0v) is 9.98. The maximum absolute atomic E-state index is 11.8. The van der Waals surface area contributed by atoms with Gasteiger partial charge in [-0.05, 0) is 36.2 Å². The molecule has 1 fully saturated rings. The van der Waals surface area contributed by atoms with E-state index in [0.717, 1.165) is 10.2 Å². The van der Waals surface area contributed by atoms with Crippen LogP contribution in [0.1, 0.15) is 6.42 Å². The second kappa shape index (κ2) is 4.02. The topological polar surface area (TPSA) is 92.2 Å². The number of carboxylic acid groups (broad SMARTS) is 1. The number of aliphatic carboxylic acids is 1. The Morgan fingerprint density at radius 3 is 2.94 bits per heavy atom. The van der Waals surface area contributed by atoms with Gasteiger partial charge >= 0.3 is 5.97 Å². The number of carbonyl (C=O) groups is 2. The molecule has 2 unspecified atom stereocenters. The number of nitrogens with one attached hydrogen (secondary N) is 1. The first-order chi connectivity index (χ1) is 8.65. The number of aromatic nitrogens is 2.